The van der Waals surface area contributed by atoms with E-state index in [0.29, 0.717) is 0 Å². The Morgan fingerprint density at radius 2 is 1.12 bits per heavy atom. The zero-order valence-electron chi connectivity index (χ0n) is 5.27. The molecule has 0 fully saturated rings. The van der Waals surface area contributed by atoms with E-state index in [2.05, 4.69) is 13.8 Å². The summed E-state index contributed by atoms with van der Waals surface area (Å²) < 4.78 is 0. The number of hydrogen-bond acceptors (Lipinski definition) is 0. The minimum absolute atomic E-state index is 0. The Morgan fingerprint density at radius 3 is 1.12 bits per heavy atom. The summed E-state index contributed by atoms with van der Waals surface area (Å²) in [6.45, 7) is 4.25. The van der Waals surface area contributed by atoms with Crippen molar-refractivity contribution >= 4 is 8.41 Å². The van der Waals surface area contributed by atoms with Crippen LogP contribution in [-0.2, 0) is 53.8 Å². The van der Waals surface area contributed by atoms with Crippen molar-refractivity contribution in [3.63, 3.8) is 0 Å². The Balaban J connectivity index is -0.00000000200. The monoisotopic (exact) mass is 359 g/mol. The van der Waals surface area contributed by atoms with Crippen molar-refractivity contribution in [2.45, 2.75) is 27.7 Å². The smallest absolute Gasteiger partial charge is 0 e. The van der Waals surface area contributed by atoms with Gasteiger partial charge in [-0.1, -0.05) is 27.7 Å². The van der Waals surface area contributed by atoms with Gasteiger partial charge in [-0.2, -0.15) is 0 Å². The van der Waals surface area contributed by atoms with Crippen LogP contribution in [0.5, 0.6) is 0 Å². The van der Waals surface area contributed by atoms with Gasteiger partial charge in [0.1, 0.15) is 0 Å². The van der Waals surface area contributed by atoms with Gasteiger partial charge in [-0.05, 0) is 0 Å². The molecule has 0 amide bonds. The molecule has 8 heavy (non-hydrogen) atoms. The molecule has 0 saturated carbocycles. The van der Waals surface area contributed by atoms with E-state index in [1.54, 1.807) is 0 Å². The normalized spacial score (nSPS) is 2.25. The van der Waals surface area contributed by atoms with Gasteiger partial charge in [-0.25, -0.2) is 0 Å². The Kier molecular flexibility index (Phi) is 435. The first kappa shape index (κ1) is 52.0. The molecule has 0 aromatic carbocycles. The molecule has 0 rings (SSSR count). The van der Waals surface area contributed by atoms with Gasteiger partial charge in [-0.15, -0.1) is 0 Å². The third kappa shape index (κ3) is 107. The fraction of sp³-hybridized carbons (Fsp3) is 0.800. The molecule has 0 nitrogen and oxygen atoms in total. The van der Waals surface area contributed by atoms with E-state index in [-0.39, 0.29) is 77.0 Å². The molecule has 0 N–H and O–H groups in total. The van der Waals surface area contributed by atoms with E-state index < -0.39 is 0 Å². The maximum Gasteiger partial charge on any atom is 0 e. The van der Waals surface area contributed by atoms with Crippen LogP contribution in [0.15, 0.2) is 0 Å². The average Bonchev–Trinajstić information content (AvgIpc) is 0.918. The van der Waals surface area contributed by atoms with E-state index in [4.69, 9.17) is 0 Å². The first-order valence-electron chi connectivity index (χ1n) is 1.41. The van der Waals surface area contributed by atoms with Crippen LogP contribution >= 0.6 is 0 Å². The maximum atomic E-state index is 2.12. The van der Waals surface area contributed by atoms with Crippen molar-refractivity contribution in [1.82, 2.24) is 0 Å². The third-order valence-electron chi connectivity index (χ3n) is 0. The Morgan fingerprint density at radius 1 is 1.12 bits per heavy atom. The fourth-order valence-electron chi connectivity index (χ4n) is 0. The average molecular weight is 359 g/mol. The fourth-order valence-corrected chi connectivity index (χ4v) is 0. The summed E-state index contributed by atoms with van der Waals surface area (Å²) in [7, 11) is 0. The minimum Gasteiger partial charge on any atom is -0.358 e. The van der Waals surface area contributed by atoms with E-state index in [0.717, 1.165) is 0 Å². The van der Waals surface area contributed by atoms with Crippen LogP contribution in [0.1, 0.15) is 27.7 Å². The molecule has 0 aliphatic heterocycles. The molecular formula is C5H15BWY-. The molecule has 0 bridgehead atoms. The third-order valence-corrected chi connectivity index (χ3v) is 0. The van der Waals surface area contributed by atoms with Crippen LogP contribution in [0.25, 0.3) is 0 Å². The first-order chi connectivity index (χ1) is 1.41. The van der Waals surface area contributed by atoms with Gasteiger partial charge in [0.15, 0.2) is 0 Å². The summed E-state index contributed by atoms with van der Waals surface area (Å²) in [4.78, 5) is 0. The zero-order valence-corrected chi connectivity index (χ0v) is 11.0. The van der Waals surface area contributed by atoms with Crippen molar-refractivity contribution in [1.29, 1.82) is 0 Å². The molecule has 0 heterocycles. The molecule has 48 valence electrons. The van der Waals surface area contributed by atoms with Gasteiger partial charge < -0.3 is 7.43 Å². The molecule has 0 unspecified atom stereocenters. The zero-order chi connectivity index (χ0) is 2.71. The second-order valence-electron chi connectivity index (χ2n) is 0.707. The Hall–Kier alpha value is 1.86. The summed E-state index contributed by atoms with van der Waals surface area (Å²) in [6.07, 6.45) is 1.25. The molecule has 0 aliphatic rings. The van der Waals surface area contributed by atoms with Crippen molar-refractivity contribution in [3.05, 3.63) is 7.43 Å². The molecule has 0 saturated heterocycles. The van der Waals surface area contributed by atoms with E-state index in [9.17, 15) is 0 Å². The van der Waals surface area contributed by atoms with E-state index in [1.807, 2.05) is 0 Å². The predicted octanol–water partition coefficient (Wildman–Crippen LogP) is 2.12. The van der Waals surface area contributed by atoms with Gasteiger partial charge in [0.2, 0.25) is 0 Å². The van der Waals surface area contributed by atoms with Gasteiger partial charge in [0, 0.05) is 62.2 Å². The van der Waals surface area contributed by atoms with Crippen LogP contribution in [0, 0.1) is 7.43 Å². The summed E-state index contributed by atoms with van der Waals surface area (Å²) in [5.41, 5.74) is 0. The quantitative estimate of drug-likeness (QED) is 0.460. The maximum absolute atomic E-state index is 2.12. The molecule has 4 radical (unpaired) electrons. The van der Waals surface area contributed by atoms with Gasteiger partial charge in [0.05, 0.1) is 0 Å². The number of rotatable bonds is 0. The predicted molar refractivity (Wildman–Crippen MR) is 34.9 cm³/mol. The summed E-state index contributed by atoms with van der Waals surface area (Å²) in [6, 6.07) is 0. The molecule has 0 aromatic heterocycles. The molecule has 0 aliphatic carbocycles. The second-order valence-corrected chi connectivity index (χ2v) is 0.707. The van der Waals surface area contributed by atoms with Crippen LogP contribution in [-0.4, -0.2) is 8.41 Å². The van der Waals surface area contributed by atoms with Gasteiger partial charge in [-0.3, -0.25) is 0 Å². The van der Waals surface area contributed by atoms with Crippen LogP contribution in [0.2, 0.25) is 0 Å². The van der Waals surface area contributed by atoms with Crippen LogP contribution in [0.4, 0.5) is 0 Å². The summed E-state index contributed by atoms with van der Waals surface area (Å²) in [5.74, 6) is 0. The molecule has 0 aromatic rings. The van der Waals surface area contributed by atoms with Gasteiger partial charge in [0.25, 0.3) is 0 Å². The van der Waals surface area contributed by atoms with Crippen molar-refractivity contribution in [3.8, 4) is 0 Å². The molecule has 3 heteroatoms. The molecular weight excluding hydrogens is 344 g/mol. The van der Waals surface area contributed by atoms with Crippen LogP contribution in [0.3, 0.4) is 0 Å². The minimum atomic E-state index is 0. The Labute approximate surface area is 96.3 Å². The van der Waals surface area contributed by atoms with Crippen molar-refractivity contribution < 1.29 is 53.8 Å². The Bertz CT molecular complexity index is 12.4. The van der Waals surface area contributed by atoms with Crippen LogP contribution < -0.4 is 0 Å². The van der Waals surface area contributed by atoms with Crippen molar-refractivity contribution in [2.24, 2.45) is 0 Å². The molecule has 0 atom stereocenters. The summed E-state index contributed by atoms with van der Waals surface area (Å²) >= 11 is 0. The van der Waals surface area contributed by atoms with Gasteiger partial charge >= 0.3 is 0 Å². The van der Waals surface area contributed by atoms with Crippen molar-refractivity contribution in [2.75, 3.05) is 0 Å². The first-order valence-corrected chi connectivity index (χ1v) is 1.41. The second kappa shape index (κ2) is 67.0. The molecule has 0 spiro atoms. The summed E-state index contributed by atoms with van der Waals surface area (Å²) in [5, 5.41) is 0. The van der Waals surface area contributed by atoms with E-state index in [1.165, 1.54) is 6.42 Å². The largest absolute Gasteiger partial charge is 0.358 e. The topological polar surface area (TPSA) is 0 Å². The number of hydrogen-bond donors (Lipinski definition) is 0. The SMILES string of the molecule is C.CCC.[B].[CH3-].[W].[Y]. The standard InChI is InChI=1S/C3H8.CH4.CH3.B.W.Y/c1-3-2;;;;;/h3H2,1-2H3;1H4;1H3;;;/q;;-1;;;. The van der Waals surface area contributed by atoms with E-state index >= 15 is 0 Å².